The number of carbonyl (C=O) groups excluding carboxylic acids is 1. The molecule has 1 heterocycles. The molecule has 0 spiro atoms. The van der Waals surface area contributed by atoms with Crippen LogP contribution in [0.4, 0.5) is 0 Å². The third-order valence-electron chi connectivity index (χ3n) is 4.93. The number of aliphatic carboxylic acids is 1. The van der Waals surface area contributed by atoms with E-state index in [1.54, 1.807) is 20.3 Å². The van der Waals surface area contributed by atoms with E-state index in [4.69, 9.17) is 9.47 Å². The maximum Gasteiger partial charge on any atom is 0.326 e. The van der Waals surface area contributed by atoms with Gasteiger partial charge in [-0.1, -0.05) is 30.3 Å². The first-order valence-corrected chi connectivity index (χ1v) is 8.83. The van der Waals surface area contributed by atoms with Crippen molar-refractivity contribution < 1.29 is 24.2 Å². The number of nitrogens with zero attached hydrogens (tertiary/aromatic N) is 1. The minimum atomic E-state index is -0.969. The van der Waals surface area contributed by atoms with Gasteiger partial charge in [0.1, 0.15) is 6.04 Å². The van der Waals surface area contributed by atoms with Crippen molar-refractivity contribution >= 4 is 11.9 Å². The van der Waals surface area contributed by atoms with Gasteiger partial charge in [-0.2, -0.15) is 0 Å². The van der Waals surface area contributed by atoms with Gasteiger partial charge >= 0.3 is 5.97 Å². The molecule has 1 atom stereocenters. The third-order valence-corrected chi connectivity index (χ3v) is 4.93. The summed E-state index contributed by atoms with van der Waals surface area (Å²) in [6, 6.07) is 12.4. The van der Waals surface area contributed by atoms with Crippen molar-refractivity contribution in [1.29, 1.82) is 0 Å². The van der Waals surface area contributed by atoms with Crippen LogP contribution in [0.15, 0.2) is 42.5 Å². The minimum absolute atomic E-state index is 0.160. The second kappa shape index (κ2) is 8.12. The predicted octanol–water partition coefficient (Wildman–Crippen LogP) is 2.67. The molecule has 27 heavy (non-hydrogen) atoms. The molecule has 2 aromatic carbocycles. The van der Waals surface area contributed by atoms with Crippen LogP contribution in [0, 0.1) is 0 Å². The Kier molecular flexibility index (Phi) is 5.64. The highest BCUT2D eigenvalue weighted by Gasteiger charge is 2.34. The Hall–Kier alpha value is -3.02. The Bertz CT molecular complexity index is 848. The zero-order valence-corrected chi connectivity index (χ0v) is 15.5. The van der Waals surface area contributed by atoms with Crippen molar-refractivity contribution in [2.45, 2.75) is 31.8 Å². The van der Waals surface area contributed by atoms with Crippen LogP contribution in [0.2, 0.25) is 0 Å². The number of hydrogen-bond donors (Lipinski definition) is 1. The Morgan fingerprint density at radius 2 is 1.78 bits per heavy atom. The number of rotatable bonds is 6. The average molecular weight is 369 g/mol. The number of carboxylic acid groups (broad SMARTS) is 1. The smallest absolute Gasteiger partial charge is 0.326 e. The van der Waals surface area contributed by atoms with Gasteiger partial charge < -0.3 is 19.5 Å². The molecule has 0 aliphatic carbocycles. The molecule has 1 N–H and O–H groups in total. The lowest BCUT2D eigenvalue weighted by Gasteiger charge is -2.34. The molecule has 0 aromatic heterocycles. The van der Waals surface area contributed by atoms with Crippen LogP contribution in [0.1, 0.15) is 23.1 Å². The summed E-state index contributed by atoms with van der Waals surface area (Å²) < 4.78 is 10.5. The number of carbonyl (C=O) groups is 2. The van der Waals surface area contributed by atoms with Gasteiger partial charge in [-0.15, -0.1) is 0 Å². The summed E-state index contributed by atoms with van der Waals surface area (Å²) in [5.74, 6) is 0.111. The van der Waals surface area contributed by atoms with Crippen molar-refractivity contribution in [2.24, 2.45) is 0 Å². The van der Waals surface area contributed by atoms with Crippen molar-refractivity contribution in [1.82, 2.24) is 4.90 Å². The van der Waals surface area contributed by atoms with E-state index in [0.29, 0.717) is 30.9 Å². The second-order valence-electron chi connectivity index (χ2n) is 6.54. The Morgan fingerprint density at radius 1 is 1.07 bits per heavy atom. The van der Waals surface area contributed by atoms with Crippen LogP contribution >= 0.6 is 0 Å². The molecule has 1 aliphatic heterocycles. The van der Waals surface area contributed by atoms with Crippen LogP contribution in [-0.2, 0) is 29.0 Å². The van der Waals surface area contributed by atoms with Gasteiger partial charge in [0, 0.05) is 19.4 Å². The highest BCUT2D eigenvalue weighted by Crippen LogP contribution is 2.29. The fraction of sp³-hybridized carbons (Fsp3) is 0.333. The van der Waals surface area contributed by atoms with E-state index < -0.39 is 12.0 Å². The SMILES string of the molecule is COc1ccc(CCC(=O)N2Cc3ccccc3C[C@@H]2C(=O)O)cc1OC. The van der Waals surface area contributed by atoms with E-state index in [-0.39, 0.29) is 12.3 Å². The van der Waals surface area contributed by atoms with E-state index in [1.165, 1.54) is 4.90 Å². The summed E-state index contributed by atoms with van der Waals surface area (Å²) in [5.41, 5.74) is 2.94. The summed E-state index contributed by atoms with van der Waals surface area (Å²) in [6.07, 6.45) is 1.08. The maximum absolute atomic E-state index is 12.8. The van der Waals surface area contributed by atoms with Gasteiger partial charge in [-0.3, -0.25) is 4.79 Å². The van der Waals surface area contributed by atoms with Crippen LogP contribution < -0.4 is 9.47 Å². The van der Waals surface area contributed by atoms with Crippen LogP contribution in [0.25, 0.3) is 0 Å². The van der Waals surface area contributed by atoms with Crippen molar-refractivity contribution in [3.63, 3.8) is 0 Å². The third kappa shape index (κ3) is 4.05. The number of ether oxygens (including phenoxy) is 2. The molecule has 3 rings (SSSR count). The topological polar surface area (TPSA) is 76.1 Å². The number of methoxy groups -OCH3 is 2. The van der Waals surface area contributed by atoms with E-state index in [0.717, 1.165) is 16.7 Å². The molecular formula is C21H23NO5. The maximum atomic E-state index is 12.8. The number of benzene rings is 2. The van der Waals surface area contributed by atoms with Gasteiger partial charge in [0.25, 0.3) is 0 Å². The van der Waals surface area contributed by atoms with E-state index in [9.17, 15) is 14.7 Å². The van der Waals surface area contributed by atoms with Crippen LogP contribution in [-0.4, -0.2) is 42.1 Å². The van der Waals surface area contributed by atoms with Crippen LogP contribution in [0.3, 0.4) is 0 Å². The molecule has 1 aliphatic rings. The predicted molar refractivity (Wildman–Crippen MR) is 100.0 cm³/mol. The fourth-order valence-corrected chi connectivity index (χ4v) is 3.44. The van der Waals surface area contributed by atoms with Crippen molar-refractivity contribution in [3.8, 4) is 11.5 Å². The number of fused-ring (bicyclic) bond motifs is 1. The highest BCUT2D eigenvalue weighted by atomic mass is 16.5. The van der Waals surface area contributed by atoms with E-state index in [2.05, 4.69) is 0 Å². The lowest BCUT2D eigenvalue weighted by Crippen LogP contribution is -2.48. The van der Waals surface area contributed by atoms with E-state index >= 15 is 0 Å². The minimum Gasteiger partial charge on any atom is -0.493 e. The molecule has 142 valence electrons. The summed E-state index contributed by atoms with van der Waals surface area (Å²) in [5, 5.41) is 9.57. The molecule has 0 saturated heterocycles. The monoisotopic (exact) mass is 369 g/mol. The van der Waals surface area contributed by atoms with Gasteiger partial charge in [0.2, 0.25) is 5.91 Å². The normalized spacial score (nSPS) is 15.8. The summed E-state index contributed by atoms with van der Waals surface area (Å²) >= 11 is 0. The lowest BCUT2D eigenvalue weighted by atomic mass is 9.93. The van der Waals surface area contributed by atoms with Crippen molar-refractivity contribution in [3.05, 3.63) is 59.2 Å². The largest absolute Gasteiger partial charge is 0.493 e. The van der Waals surface area contributed by atoms with Gasteiger partial charge in [0.15, 0.2) is 11.5 Å². The second-order valence-corrected chi connectivity index (χ2v) is 6.54. The van der Waals surface area contributed by atoms with Crippen LogP contribution in [0.5, 0.6) is 11.5 Å². The van der Waals surface area contributed by atoms with Gasteiger partial charge in [-0.25, -0.2) is 4.79 Å². The first-order valence-electron chi connectivity index (χ1n) is 8.83. The summed E-state index contributed by atoms with van der Waals surface area (Å²) in [4.78, 5) is 25.9. The summed E-state index contributed by atoms with van der Waals surface area (Å²) in [7, 11) is 3.14. The molecule has 6 heteroatoms. The summed E-state index contributed by atoms with van der Waals surface area (Å²) in [6.45, 7) is 0.331. The highest BCUT2D eigenvalue weighted by molar-refractivity contribution is 5.84. The molecule has 0 fully saturated rings. The molecule has 2 aromatic rings. The first kappa shape index (κ1) is 18.8. The molecule has 0 bridgehead atoms. The number of carboxylic acids is 1. The molecule has 0 saturated carbocycles. The zero-order valence-electron chi connectivity index (χ0n) is 15.5. The Labute approximate surface area is 158 Å². The number of amides is 1. The van der Waals surface area contributed by atoms with E-state index in [1.807, 2.05) is 36.4 Å². The first-order chi connectivity index (χ1) is 13.0. The number of aryl methyl sites for hydroxylation is 1. The molecular weight excluding hydrogens is 346 g/mol. The Balaban J connectivity index is 1.72. The molecule has 6 nitrogen and oxygen atoms in total. The molecule has 1 amide bonds. The fourth-order valence-electron chi connectivity index (χ4n) is 3.44. The van der Waals surface area contributed by atoms with Crippen molar-refractivity contribution in [2.75, 3.05) is 14.2 Å². The Morgan fingerprint density at radius 3 is 2.44 bits per heavy atom. The lowest BCUT2D eigenvalue weighted by molar-refractivity contribution is -0.151. The van der Waals surface area contributed by atoms with Gasteiger partial charge in [0.05, 0.1) is 14.2 Å². The number of hydrogen-bond acceptors (Lipinski definition) is 4. The molecule has 0 unspecified atom stereocenters. The standard InChI is InChI=1S/C21H23NO5/c1-26-18-9-7-14(11-19(18)27-2)8-10-20(23)22-13-16-6-4-3-5-15(16)12-17(22)21(24)25/h3-7,9,11,17H,8,10,12-13H2,1-2H3,(H,24,25)/t17-/m1/s1. The zero-order chi connectivity index (χ0) is 19.4. The quantitative estimate of drug-likeness (QED) is 0.847. The average Bonchev–Trinajstić information content (AvgIpc) is 2.70. The molecule has 0 radical (unpaired) electrons. The van der Waals surface area contributed by atoms with Gasteiger partial charge in [-0.05, 0) is 35.2 Å².